The molecule has 0 bridgehead atoms. The van der Waals surface area contributed by atoms with E-state index in [1.54, 1.807) is 18.3 Å². The second kappa shape index (κ2) is 10.9. The van der Waals surface area contributed by atoms with Crippen molar-refractivity contribution in [2.75, 3.05) is 5.32 Å². The molecular formula is C18H25Cl2N3O2. The molecule has 2 rings (SSSR count). The summed E-state index contributed by atoms with van der Waals surface area (Å²) >= 11 is 0. The van der Waals surface area contributed by atoms with Crippen molar-refractivity contribution in [3.8, 4) is 11.6 Å². The molecule has 25 heavy (non-hydrogen) atoms. The summed E-state index contributed by atoms with van der Waals surface area (Å²) in [4.78, 5) is 16.0. The van der Waals surface area contributed by atoms with E-state index in [1.165, 1.54) is 5.56 Å². The van der Waals surface area contributed by atoms with Gasteiger partial charge >= 0.3 is 0 Å². The van der Waals surface area contributed by atoms with Crippen LogP contribution in [-0.4, -0.2) is 16.9 Å². The molecule has 1 aromatic carbocycles. The zero-order valence-corrected chi connectivity index (χ0v) is 16.2. The van der Waals surface area contributed by atoms with Crippen molar-refractivity contribution in [3.63, 3.8) is 0 Å². The van der Waals surface area contributed by atoms with Crippen LogP contribution in [0.15, 0.2) is 36.5 Å². The number of carbonyl (C=O) groups is 1. The molecule has 0 fully saturated rings. The van der Waals surface area contributed by atoms with Gasteiger partial charge in [-0.1, -0.05) is 12.1 Å². The molecular weight excluding hydrogens is 361 g/mol. The first kappa shape index (κ1) is 23.2. The highest BCUT2D eigenvalue weighted by Crippen LogP contribution is 2.26. The maximum atomic E-state index is 11.7. The van der Waals surface area contributed by atoms with Gasteiger partial charge in [0.25, 0.3) is 0 Å². The van der Waals surface area contributed by atoms with E-state index in [2.05, 4.69) is 10.3 Å². The standard InChI is InChI=1S/C18H23N3O2.2ClH/c1-12-5-4-6-16(14(12)3)23-18-10-8-15(11-20-18)21-17(22)9-7-13(2)19;;/h4-6,8,10-11,13H,7,9,19H2,1-3H3,(H,21,22);2*1H. The number of aromatic nitrogens is 1. The first-order valence-electron chi connectivity index (χ1n) is 7.71. The highest BCUT2D eigenvalue weighted by Gasteiger charge is 2.07. The van der Waals surface area contributed by atoms with Gasteiger partial charge in [-0.2, -0.15) is 0 Å². The van der Waals surface area contributed by atoms with Crippen LogP contribution in [0, 0.1) is 13.8 Å². The molecule has 1 heterocycles. The van der Waals surface area contributed by atoms with Crippen LogP contribution in [0.5, 0.6) is 11.6 Å². The van der Waals surface area contributed by atoms with Gasteiger partial charge in [0, 0.05) is 18.5 Å². The van der Waals surface area contributed by atoms with Crippen molar-refractivity contribution in [2.24, 2.45) is 5.73 Å². The lowest BCUT2D eigenvalue weighted by atomic mass is 10.1. The molecule has 1 atom stereocenters. The first-order chi connectivity index (χ1) is 11.0. The normalized spacial score (nSPS) is 10.9. The zero-order valence-electron chi connectivity index (χ0n) is 14.6. The van der Waals surface area contributed by atoms with Crippen molar-refractivity contribution in [3.05, 3.63) is 47.7 Å². The lowest BCUT2D eigenvalue weighted by Crippen LogP contribution is -2.19. The third kappa shape index (κ3) is 7.30. The Labute approximate surface area is 161 Å². The Bertz CT molecular complexity index is 677. The number of benzene rings is 1. The number of nitrogens with two attached hydrogens (primary N) is 1. The first-order valence-corrected chi connectivity index (χ1v) is 7.71. The molecule has 3 N–H and O–H groups in total. The Kier molecular flexibility index (Phi) is 10.1. The van der Waals surface area contributed by atoms with Crippen molar-refractivity contribution in [2.45, 2.75) is 39.7 Å². The number of rotatable bonds is 6. The number of hydrogen-bond donors (Lipinski definition) is 2. The van der Waals surface area contributed by atoms with E-state index >= 15 is 0 Å². The summed E-state index contributed by atoms with van der Waals surface area (Å²) in [5, 5.41) is 2.80. The average Bonchev–Trinajstić information content (AvgIpc) is 2.52. The highest BCUT2D eigenvalue weighted by atomic mass is 35.5. The van der Waals surface area contributed by atoms with Gasteiger partial charge in [0.2, 0.25) is 11.8 Å². The minimum absolute atomic E-state index is 0. The van der Waals surface area contributed by atoms with Crippen molar-refractivity contribution in [1.29, 1.82) is 0 Å². The molecule has 5 nitrogen and oxygen atoms in total. The number of carbonyl (C=O) groups excluding carboxylic acids is 1. The van der Waals surface area contributed by atoms with Crippen molar-refractivity contribution in [1.82, 2.24) is 4.98 Å². The number of hydrogen-bond acceptors (Lipinski definition) is 4. The minimum Gasteiger partial charge on any atom is -0.439 e. The molecule has 1 amide bonds. The Morgan fingerprint density at radius 1 is 1.24 bits per heavy atom. The average molecular weight is 386 g/mol. The SMILES string of the molecule is Cc1cccc(Oc2ccc(NC(=O)CCC(C)N)cn2)c1C.Cl.Cl. The molecule has 1 unspecified atom stereocenters. The van der Waals surface area contributed by atoms with Crippen LogP contribution in [0.3, 0.4) is 0 Å². The van der Waals surface area contributed by atoms with Crippen molar-refractivity contribution >= 4 is 36.4 Å². The molecule has 2 aromatic rings. The third-order valence-electron chi connectivity index (χ3n) is 3.62. The minimum atomic E-state index is -0.0627. The molecule has 0 radical (unpaired) electrons. The molecule has 0 spiro atoms. The fourth-order valence-electron chi connectivity index (χ4n) is 2.04. The summed E-state index contributed by atoms with van der Waals surface area (Å²) in [6.45, 7) is 5.93. The van der Waals surface area contributed by atoms with E-state index in [-0.39, 0.29) is 36.8 Å². The molecule has 0 aliphatic heterocycles. The quantitative estimate of drug-likeness (QED) is 0.772. The monoisotopic (exact) mass is 385 g/mol. The number of halogens is 2. The van der Waals surface area contributed by atoms with Gasteiger partial charge in [-0.25, -0.2) is 4.98 Å². The number of nitrogens with one attached hydrogen (secondary N) is 1. The Balaban J connectivity index is 0.00000288. The summed E-state index contributed by atoms with van der Waals surface area (Å²) in [6.07, 6.45) is 2.65. The lowest BCUT2D eigenvalue weighted by molar-refractivity contribution is -0.116. The molecule has 7 heteroatoms. The van der Waals surface area contributed by atoms with Gasteiger partial charge in [0.05, 0.1) is 11.9 Å². The number of aryl methyl sites for hydroxylation is 1. The molecule has 138 valence electrons. The van der Waals surface area contributed by atoms with Crippen LogP contribution in [0.4, 0.5) is 5.69 Å². The Morgan fingerprint density at radius 3 is 2.56 bits per heavy atom. The summed E-state index contributed by atoms with van der Waals surface area (Å²) in [7, 11) is 0. The van der Waals surface area contributed by atoms with Gasteiger partial charge in [-0.15, -0.1) is 24.8 Å². The van der Waals surface area contributed by atoms with Crippen molar-refractivity contribution < 1.29 is 9.53 Å². The number of pyridine rings is 1. The Morgan fingerprint density at radius 2 is 1.96 bits per heavy atom. The van der Waals surface area contributed by atoms with Gasteiger partial charge in [-0.05, 0) is 50.5 Å². The lowest BCUT2D eigenvalue weighted by Gasteiger charge is -2.10. The number of ether oxygens (including phenoxy) is 1. The molecule has 0 aliphatic carbocycles. The third-order valence-corrected chi connectivity index (χ3v) is 3.62. The van der Waals surface area contributed by atoms with E-state index in [9.17, 15) is 4.79 Å². The fourth-order valence-corrected chi connectivity index (χ4v) is 2.04. The zero-order chi connectivity index (χ0) is 16.8. The maximum Gasteiger partial charge on any atom is 0.224 e. The summed E-state index contributed by atoms with van der Waals surface area (Å²) in [5.74, 6) is 1.21. The van der Waals surface area contributed by atoms with Gasteiger partial charge < -0.3 is 15.8 Å². The topological polar surface area (TPSA) is 77.2 Å². The van der Waals surface area contributed by atoms with Crippen LogP contribution in [0.1, 0.15) is 30.9 Å². The predicted molar refractivity (Wildman–Crippen MR) is 106 cm³/mol. The molecule has 0 saturated heterocycles. The van der Waals surface area contributed by atoms with E-state index in [4.69, 9.17) is 10.5 Å². The van der Waals surface area contributed by atoms with E-state index < -0.39 is 0 Å². The Hall–Kier alpha value is -1.82. The van der Waals surface area contributed by atoms with Gasteiger partial charge in [0.1, 0.15) is 5.75 Å². The number of amides is 1. The van der Waals surface area contributed by atoms with Crippen LogP contribution < -0.4 is 15.8 Å². The molecule has 0 aliphatic rings. The largest absolute Gasteiger partial charge is 0.439 e. The van der Waals surface area contributed by atoms with Gasteiger partial charge in [0.15, 0.2) is 0 Å². The van der Waals surface area contributed by atoms with Crippen LogP contribution in [0.2, 0.25) is 0 Å². The molecule has 0 saturated carbocycles. The van der Waals surface area contributed by atoms with Crippen LogP contribution in [0.25, 0.3) is 0 Å². The summed E-state index contributed by atoms with van der Waals surface area (Å²) in [6, 6.07) is 9.43. The second-order valence-electron chi connectivity index (χ2n) is 5.75. The fraction of sp³-hybridized carbons (Fsp3) is 0.333. The smallest absolute Gasteiger partial charge is 0.224 e. The number of nitrogens with zero attached hydrogens (tertiary/aromatic N) is 1. The predicted octanol–water partition coefficient (Wildman–Crippen LogP) is 4.40. The molecule has 1 aromatic heterocycles. The van der Waals surface area contributed by atoms with Crippen LogP contribution >= 0.6 is 24.8 Å². The van der Waals surface area contributed by atoms with E-state index in [0.717, 1.165) is 11.3 Å². The summed E-state index contributed by atoms with van der Waals surface area (Å²) in [5.41, 5.74) is 8.54. The van der Waals surface area contributed by atoms with Crippen LogP contribution in [-0.2, 0) is 4.79 Å². The maximum absolute atomic E-state index is 11.7. The second-order valence-corrected chi connectivity index (χ2v) is 5.75. The number of anilines is 1. The van der Waals surface area contributed by atoms with Gasteiger partial charge in [-0.3, -0.25) is 4.79 Å². The highest BCUT2D eigenvalue weighted by molar-refractivity contribution is 5.90. The van der Waals surface area contributed by atoms with E-state index in [0.29, 0.717) is 24.4 Å². The van der Waals surface area contributed by atoms with E-state index in [1.807, 2.05) is 39.0 Å². The summed E-state index contributed by atoms with van der Waals surface area (Å²) < 4.78 is 5.79.